The van der Waals surface area contributed by atoms with Crippen LogP contribution in [-0.2, 0) is 14.4 Å². The Morgan fingerprint density at radius 1 is 0.909 bits per heavy atom. The summed E-state index contributed by atoms with van der Waals surface area (Å²) in [5, 5.41) is 0.514. The molecule has 0 unspecified atom stereocenters. The zero-order valence-corrected chi connectivity index (χ0v) is 19.8. The lowest BCUT2D eigenvalue weighted by Gasteiger charge is -2.44. The Kier molecular flexibility index (Phi) is 4.32. The Morgan fingerprint density at radius 2 is 1.67 bits per heavy atom. The Balaban J connectivity index is 1.31. The highest BCUT2D eigenvalue weighted by Crippen LogP contribution is 2.70. The highest BCUT2D eigenvalue weighted by Gasteiger charge is 2.69. The first-order valence-corrected chi connectivity index (χ1v) is 13.3. The van der Waals surface area contributed by atoms with Crippen LogP contribution in [0.25, 0.3) is 0 Å². The number of fused-ring (bicyclic) bond motifs is 8. The minimum absolute atomic E-state index is 0.0185. The second kappa shape index (κ2) is 7.09. The number of hydrogen-bond acceptors (Lipinski definition) is 5. The predicted octanol–water partition coefficient (Wildman–Crippen LogP) is 5.14. The molecule has 2 aromatic rings. The zero-order chi connectivity index (χ0) is 22.4. The first-order chi connectivity index (χ1) is 16.0. The van der Waals surface area contributed by atoms with E-state index in [0.29, 0.717) is 17.4 Å². The highest BCUT2D eigenvalue weighted by molar-refractivity contribution is 8.18. The fourth-order valence-electron chi connectivity index (χ4n) is 7.25. The van der Waals surface area contributed by atoms with Crippen LogP contribution in [0, 0.1) is 36.5 Å². The number of aryl methyl sites for hydroxylation is 1. The van der Waals surface area contributed by atoms with E-state index in [1.54, 1.807) is 0 Å². The number of rotatable bonds is 2. The SMILES string of the molecule is Cc1cccc(N2C(=O)[C@@H]3[C@H]4C[C@@H]([C@@H]3C2=O)[C@H]2[C@@H]4SC3=C(SC(=O)C3)[C@@H]2c2ccccc2)c1. The van der Waals surface area contributed by atoms with E-state index in [2.05, 4.69) is 24.3 Å². The van der Waals surface area contributed by atoms with Crippen molar-refractivity contribution in [3.05, 3.63) is 75.5 Å². The first kappa shape index (κ1) is 20.1. The van der Waals surface area contributed by atoms with Gasteiger partial charge in [-0.1, -0.05) is 54.2 Å². The maximum atomic E-state index is 13.7. The predicted molar refractivity (Wildman–Crippen MR) is 131 cm³/mol. The number of carbonyl (C=O) groups excluding carboxylic acids is 3. The Bertz CT molecular complexity index is 1260. The number of nitrogens with zero attached hydrogens (tertiary/aromatic N) is 1. The van der Waals surface area contributed by atoms with E-state index in [4.69, 9.17) is 0 Å². The number of amides is 2. The average Bonchev–Trinajstić information content (AvgIpc) is 3.53. The molecule has 7 rings (SSSR count). The van der Waals surface area contributed by atoms with Gasteiger partial charge in [0.2, 0.25) is 11.8 Å². The van der Waals surface area contributed by atoms with Gasteiger partial charge in [-0.15, -0.1) is 11.8 Å². The van der Waals surface area contributed by atoms with Gasteiger partial charge in [0.25, 0.3) is 0 Å². The summed E-state index contributed by atoms with van der Waals surface area (Å²) in [5.41, 5.74) is 2.98. The van der Waals surface area contributed by atoms with Crippen LogP contribution in [0.15, 0.2) is 64.4 Å². The molecule has 6 heteroatoms. The summed E-state index contributed by atoms with van der Waals surface area (Å²) < 4.78 is 0. The minimum Gasteiger partial charge on any atom is -0.286 e. The number of thioether (sulfide) groups is 2. The number of allylic oxidation sites excluding steroid dienone is 2. The molecule has 0 radical (unpaired) electrons. The van der Waals surface area contributed by atoms with Crippen molar-refractivity contribution in [3.63, 3.8) is 0 Å². The molecule has 5 aliphatic rings. The molecule has 2 aromatic carbocycles. The number of carbonyl (C=O) groups is 3. The monoisotopic (exact) mass is 473 g/mol. The molecule has 2 saturated carbocycles. The summed E-state index contributed by atoms with van der Waals surface area (Å²) in [6.07, 6.45) is 1.45. The lowest BCUT2D eigenvalue weighted by atomic mass is 9.68. The fraction of sp³-hybridized carbons (Fsp3) is 0.370. The van der Waals surface area contributed by atoms with E-state index >= 15 is 0 Å². The highest BCUT2D eigenvalue weighted by atomic mass is 32.2. The molecule has 0 N–H and O–H groups in total. The van der Waals surface area contributed by atoms with Gasteiger partial charge < -0.3 is 0 Å². The van der Waals surface area contributed by atoms with Gasteiger partial charge in [0.15, 0.2) is 5.12 Å². The largest absolute Gasteiger partial charge is 0.286 e. The summed E-state index contributed by atoms with van der Waals surface area (Å²) in [6, 6.07) is 18.2. The number of benzene rings is 2. The summed E-state index contributed by atoms with van der Waals surface area (Å²) in [7, 11) is 0. The molecule has 7 atom stereocenters. The van der Waals surface area contributed by atoms with Gasteiger partial charge in [0.1, 0.15) is 0 Å². The lowest BCUT2D eigenvalue weighted by molar-refractivity contribution is -0.123. The average molecular weight is 474 g/mol. The first-order valence-electron chi connectivity index (χ1n) is 11.6. The van der Waals surface area contributed by atoms with Crippen molar-refractivity contribution < 1.29 is 14.4 Å². The summed E-state index contributed by atoms with van der Waals surface area (Å²) in [6.45, 7) is 1.99. The Morgan fingerprint density at radius 3 is 2.42 bits per heavy atom. The van der Waals surface area contributed by atoms with E-state index in [0.717, 1.165) is 12.0 Å². The number of hydrogen-bond donors (Lipinski definition) is 0. The van der Waals surface area contributed by atoms with Crippen molar-refractivity contribution >= 4 is 46.1 Å². The third-order valence-electron chi connectivity index (χ3n) is 8.33. The molecular weight excluding hydrogens is 450 g/mol. The minimum atomic E-state index is -0.236. The zero-order valence-electron chi connectivity index (χ0n) is 18.1. The van der Waals surface area contributed by atoms with Crippen molar-refractivity contribution in [2.45, 2.75) is 30.9 Å². The molecule has 3 heterocycles. The molecule has 2 bridgehead atoms. The van der Waals surface area contributed by atoms with Crippen molar-refractivity contribution in [1.29, 1.82) is 0 Å². The van der Waals surface area contributed by atoms with Crippen LogP contribution in [0.5, 0.6) is 0 Å². The van der Waals surface area contributed by atoms with Crippen molar-refractivity contribution in [2.24, 2.45) is 29.6 Å². The summed E-state index contributed by atoms with van der Waals surface area (Å²) in [5.74, 6) is 0.316. The van der Waals surface area contributed by atoms with Gasteiger partial charge in [0, 0.05) is 27.4 Å². The van der Waals surface area contributed by atoms with Crippen molar-refractivity contribution in [1.82, 2.24) is 0 Å². The van der Waals surface area contributed by atoms with Gasteiger partial charge in [-0.05, 0) is 54.4 Å². The molecule has 3 aliphatic heterocycles. The molecule has 1 saturated heterocycles. The Labute approximate surface area is 201 Å². The van der Waals surface area contributed by atoms with Crippen LogP contribution in [0.3, 0.4) is 0 Å². The molecule has 4 nitrogen and oxygen atoms in total. The smallest absolute Gasteiger partial charge is 0.238 e. The van der Waals surface area contributed by atoms with E-state index in [-0.39, 0.29) is 52.4 Å². The molecular formula is C27H23NO3S2. The summed E-state index contributed by atoms with van der Waals surface area (Å²) in [4.78, 5) is 43.6. The fourth-order valence-corrected chi connectivity index (χ4v) is 10.4. The van der Waals surface area contributed by atoms with Gasteiger partial charge >= 0.3 is 0 Å². The molecule has 2 amide bonds. The van der Waals surface area contributed by atoms with Gasteiger partial charge in [0.05, 0.1) is 17.5 Å². The molecule has 0 aromatic heterocycles. The molecule has 2 aliphatic carbocycles. The second-order valence-electron chi connectivity index (χ2n) is 9.95. The van der Waals surface area contributed by atoms with E-state index in [1.807, 2.05) is 49.0 Å². The quantitative estimate of drug-likeness (QED) is 0.565. The van der Waals surface area contributed by atoms with Crippen LogP contribution >= 0.6 is 23.5 Å². The maximum absolute atomic E-state index is 13.7. The number of anilines is 1. The van der Waals surface area contributed by atoms with E-state index in [9.17, 15) is 14.4 Å². The van der Waals surface area contributed by atoms with Crippen molar-refractivity contribution in [3.8, 4) is 0 Å². The normalized spacial score (nSPS) is 36.5. The summed E-state index contributed by atoms with van der Waals surface area (Å²) >= 11 is 3.26. The standard InChI is InChI=1S/C27H23NO3S2/c1-13-6-5-9-15(10-13)28-26(30)22-16-11-17(23(22)27(28)31)24-21(16)20(14-7-3-2-4-8-14)25-18(32-24)12-19(29)33-25/h2-10,16-17,20-24H,11-12H2,1H3/t16-,17-,20-,21-,22+,23-,24-/m1/s1. The van der Waals surface area contributed by atoms with Crippen molar-refractivity contribution in [2.75, 3.05) is 4.90 Å². The molecule has 166 valence electrons. The van der Waals surface area contributed by atoms with Crippen LogP contribution in [0.2, 0.25) is 0 Å². The van der Waals surface area contributed by atoms with Crippen LogP contribution in [0.4, 0.5) is 5.69 Å². The van der Waals surface area contributed by atoms with Gasteiger partial charge in [-0.25, -0.2) is 0 Å². The molecule has 3 fully saturated rings. The number of imide groups is 1. The molecule has 0 spiro atoms. The van der Waals surface area contributed by atoms with Gasteiger partial charge in [-0.3, -0.25) is 19.3 Å². The van der Waals surface area contributed by atoms with Crippen LogP contribution in [0.1, 0.15) is 29.9 Å². The van der Waals surface area contributed by atoms with Gasteiger partial charge in [-0.2, -0.15) is 0 Å². The second-order valence-corrected chi connectivity index (χ2v) is 12.3. The Hall–Kier alpha value is -2.31. The van der Waals surface area contributed by atoms with E-state index in [1.165, 1.54) is 32.0 Å². The topological polar surface area (TPSA) is 54.5 Å². The molecule has 33 heavy (non-hydrogen) atoms. The van der Waals surface area contributed by atoms with Crippen LogP contribution < -0.4 is 4.90 Å². The lowest BCUT2D eigenvalue weighted by Crippen LogP contribution is -2.42. The third-order valence-corrected chi connectivity index (χ3v) is 11.1. The van der Waals surface area contributed by atoms with E-state index < -0.39 is 0 Å². The maximum Gasteiger partial charge on any atom is 0.238 e. The van der Waals surface area contributed by atoms with Crippen LogP contribution in [-0.4, -0.2) is 22.2 Å². The third kappa shape index (κ3) is 2.71.